The minimum Gasteiger partial charge on any atom is -0.497 e. The van der Waals surface area contributed by atoms with Gasteiger partial charge >= 0.3 is 0 Å². The first kappa shape index (κ1) is 15.9. The molecule has 2 aromatic carbocycles. The second-order valence-electron chi connectivity index (χ2n) is 5.54. The highest BCUT2D eigenvalue weighted by Crippen LogP contribution is 2.30. The van der Waals surface area contributed by atoms with Crippen molar-refractivity contribution in [1.82, 2.24) is 4.98 Å². The number of ether oxygens (including phenoxy) is 2. The molecule has 0 bridgehead atoms. The minimum absolute atomic E-state index is 0.0114. The number of Topliss-reactive ketones (excluding diaryl/α,β-unsaturated/α-hetero) is 1. The van der Waals surface area contributed by atoms with Crippen molar-refractivity contribution < 1.29 is 14.3 Å². The molecule has 1 aromatic heterocycles. The van der Waals surface area contributed by atoms with Crippen LogP contribution in [0.4, 0.5) is 5.69 Å². The number of nitrogens with one attached hydrogen (secondary N) is 2. The average molecular weight is 324 g/mol. The van der Waals surface area contributed by atoms with Gasteiger partial charge in [-0.2, -0.15) is 0 Å². The molecule has 5 nitrogen and oxygen atoms in total. The standard InChI is InChI=1S/C19H20N2O3/c1-12(21-17-10-13(23-2)8-9-18(17)24-3)19(22)15-11-20-16-7-5-4-6-14(15)16/h4-12,20-21H,1-3H3. The maximum Gasteiger partial charge on any atom is 0.186 e. The van der Waals surface area contributed by atoms with Crippen LogP contribution in [0.25, 0.3) is 10.9 Å². The van der Waals surface area contributed by atoms with Gasteiger partial charge in [0.2, 0.25) is 0 Å². The number of aromatic nitrogens is 1. The smallest absolute Gasteiger partial charge is 0.186 e. The number of rotatable bonds is 6. The molecule has 5 heteroatoms. The molecule has 3 aromatic rings. The Morgan fingerprint density at radius 1 is 1.12 bits per heavy atom. The molecular weight excluding hydrogens is 304 g/mol. The molecule has 124 valence electrons. The maximum absolute atomic E-state index is 12.8. The molecule has 0 saturated heterocycles. The summed E-state index contributed by atoms with van der Waals surface area (Å²) < 4.78 is 10.6. The zero-order valence-corrected chi connectivity index (χ0v) is 13.9. The lowest BCUT2D eigenvalue weighted by molar-refractivity contribution is 0.0977. The van der Waals surface area contributed by atoms with Crippen LogP contribution in [-0.2, 0) is 0 Å². The Hall–Kier alpha value is -2.95. The van der Waals surface area contributed by atoms with Gasteiger partial charge in [-0.1, -0.05) is 18.2 Å². The fourth-order valence-corrected chi connectivity index (χ4v) is 2.73. The monoisotopic (exact) mass is 324 g/mol. The van der Waals surface area contributed by atoms with Crippen LogP contribution in [0, 0.1) is 0 Å². The third-order valence-corrected chi connectivity index (χ3v) is 4.03. The van der Waals surface area contributed by atoms with Gasteiger partial charge in [0.15, 0.2) is 5.78 Å². The Morgan fingerprint density at radius 3 is 2.67 bits per heavy atom. The summed E-state index contributed by atoms with van der Waals surface area (Å²) >= 11 is 0. The summed E-state index contributed by atoms with van der Waals surface area (Å²) in [5, 5.41) is 4.15. The third kappa shape index (κ3) is 2.93. The lowest BCUT2D eigenvalue weighted by Gasteiger charge is -2.17. The zero-order chi connectivity index (χ0) is 17.1. The molecule has 24 heavy (non-hydrogen) atoms. The quantitative estimate of drug-likeness (QED) is 0.676. The highest BCUT2D eigenvalue weighted by molar-refractivity contribution is 6.11. The number of carbonyl (C=O) groups excluding carboxylic acids is 1. The van der Waals surface area contributed by atoms with Crippen molar-refractivity contribution in [3.05, 3.63) is 54.2 Å². The average Bonchev–Trinajstić information content (AvgIpc) is 3.05. The molecule has 0 radical (unpaired) electrons. The zero-order valence-electron chi connectivity index (χ0n) is 13.9. The van der Waals surface area contributed by atoms with Gasteiger partial charge in [0.25, 0.3) is 0 Å². The SMILES string of the molecule is COc1ccc(OC)c(NC(C)C(=O)c2c[nH]c3ccccc23)c1. The predicted octanol–water partition coefficient (Wildman–Crippen LogP) is 3.87. The Labute approximate surface area is 140 Å². The molecule has 0 saturated carbocycles. The number of methoxy groups -OCH3 is 2. The van der Waals surface area contributed by atoms with Crippen LogP contribution in [0.15, 0.2) is 48.7 Å². The molecule has 1 heterocycles. The van der Waals surface area contributed by atoms with Gasteiger partial charge in [0.05, 0.1) is 25.9 Å². The summed E-state index contributed by atoms with van der Waals surface area (Å²) in [4.78, 5) is 16.0. The summed E-state index contributed by atoms with van der Waals surface area (Å²) in [5.41, 5.74) is 2.34. The van der Waals surface area contributed by atoms with Crippen LogP contribution in [-0.4, -0.2) is 31.0 Å². The van der Waals surface area contributed by atoms with Crippen molar-refractivity contribution in [3.63, 3.8) is 0 Å². The Kier molecular flexibility index (Phi) is 4.42. The first-order valence-corrected chi connectivity index (χ1v) is 7.73. The first-order chi connectivity index (χ1) is 11.6. The van der Waals surface area contributed by atoms with E-state index >= 15 is 0 Å². The van der Waals surface area contributed by atoms with Gasteiger partial charge < -0.3 is 19.8 Å². The number of hydrogen-bond donors (Lipinski definition) is 2. The molecule has 0 spiro atoms. The molecule has 0 fully saturated rings. The fourth-order valence-electron chi connectivity index (χ4n) is 2.73. The molecule has 1 unspecified atom stereocenters. The largest absolute Gasteiger partial charge is 0.497 e. The Morgan fingerprint density at radius 2 is 1.92 bits per heavy atom. The third-order valence-electron chi connectivity index (χ3n) is 4.03. The van der Waals surface area contributed by atoms with Crippen LogP contribution < -0.4 is 14.8 Å². The van der Waals surface area contributed by atoms with E-state index in [1.807, 2.05) is 49.4 Å². The number of hydrogen-bond acceptors (Lipinski definition) is 4. The van der Waals surface area contributed by atoms with Crippen molar-refractivity contribution in [1.29, 1.82) is 0 Å². The van der Waals surface area contributed by atoms with E-state index in [1.165, 1.54) is 0 Å². The van der Waals surface area contributed by atoms with Crippen molar-refractivity contribution in [2.45, 2.75) is 13.0 Å². The number of anilines is 1. The van der Waals surface area contributed by atoms with E-state index in [4.69, 9.17) is 9.47 Å². The van der Waals surface area contributed by atoms with Gasteiger partial charge in [-0.05, 0) is 25.1 Å². The number of aromatic amines is 1. The highest BCUT2D eigenvalue weighted by Gasteiger charge is 2.20. The molecule has 3 rings (SSSR count). The van der Waals surface area contributed by atoms with E-state index in [0.29, 0.717) is 17.1 Å². The normalized spacial score (nSPS) is 12.0. The summed E-state index contributed by atoms with van der Waals surface area (Å²) in [7, 11) is 3.20. The number of ketones is 1. The van der Waals surface area contributed by atoms with Crippen LogP contribution in [0.1, 0.15) is 17.3 Å². The van der Waals surface area contributed by atoms with Crippen molar-refractivity contribution >= 4 is 22.4 Å². The van der Waals surface area contributed by atoms with E-state index in [1.54, 1.807) is 20.4 Å². The molecule has 0 aliphatic carbocycles. The second kappa shape index (κ2) is 6.66. The van der Waals surface area contributed by atoms with E-state index in [0.717, 1.165) is 16.6 Å². The molecule has 2 N–H and O–H groups in total. The van der Waals surface area contributed by atoms with Crippen LogP contribution in [0.2, 0.25) is 0 Å². The van der Waals surface area contributed by atoms with Crippen molar-refractivity contribution in [2.24, 2.45) is 0 Å². The first-order valence-electron chi connectivity index (χ1n) is 7.73. The number of benzene rings is 2. The van der Waals surface area contributed by atoms with Crippen LogP contribution in [0.3, 0.4) is 0 Å². The fraction of sp³-hybridized carbons (Fsp3) is 0.211. The summed E-state index contributed by atoms with van der Waals surface area (Å²) in [6.07, 6.45) is 1.76. The van der Waals surface area contributed by atoms with Crippen LogP contribution >= 0.6 is 0 Å². The summed E-state index contributed by atoms with van der Waals surface area (Å²) in [6.45, 7) is 1.84. The maximum atomic E-state index is 12.8. The predicted molar refractivity (Wildman–Crippen MR) is 95.3 cm³/mol. The molecular formula is C19H20N2O3. The van der Waals surface area contributed by atoms with Gasteiger partial charge in [-0.15, -0.1) is 0 Å². The molecule has 0 aliphatic heterocycles. The van der Waals surface area contributed by atoms with E-state index in [2.05, 4.69) is 10.3 Å². The molecule has 0 aliphatic rings. The molecule has 1 atom stereocenters. The number of carbonyl (C=O) groups is 1. The van der Waals surface area contributed by atoms with Gasteiger partial charge in [-0.25, -0.2) is 0 Å². The second-order valence-corrected chi connectivity index (χ2v) is 5.54. The van der Waals surface area contributed by atoms with Gasteiger partial charge in [0, 0.05) is 28.7 Å². The van der Waals surface area contributed by atoms with Gasteiger partial charge in [-0.3, -0.25) is 4.79 Å². The number of para-hydroxylation sites is 1. The van der Waals surface area contributed by atoms with Gasteiger partial charge in [0.1, 0.15) is 11.5 Å². The number of fused-ring (bicyclic) bond motifs is 1. The van der Waals surface area contributed by atoms with Crippen molar-refractivity contribution in [3.8, 4) is 11.5 Å². The topological polar surface area (TPSA) is 63.4 Å². The van der Waals surface area contributed by atoms with E-state index < -0.39 is 6.04 Å². The molecule has 0 amide bonds. The summed E-state index contributed by atoms with van der Waals surface area (Å²) in [5.74, 6) is 1.37. The highest BCUT2D eigenvalue weighted by atomic mass is 16.5. The minimum atomic E-state index is -0.412. The lowest BCUT2D eigenvalue weighted by atomic mass is 10.0. The van der Waals surface area contributed by atoms with E-state index in [-0.39, 0.29) is 5.78 Å². The lowest BCUT2D eigenvalue weighted by Crippen LogP contribution is -2.26. The number of H-pyrrole nitrogens is 1. The Balaban J connectivity index is 1.87. The summed E-state index contributed by atoms with van der Waals surface area (Å²) in [6, 6.07) is 12.8. The van der Waals surface area contributed by atoms with Crippen molar-refractivity contribution in [2.75, 3.05) is 19.5 Å². The van der Waals surface area contributed by atoms with E-state index in [9.17, 15) is 4.79 Å². The Bertz CT molecular complexity index is 870. The van der Waals surface area contributed by atoms with Crippen LogP contribution in [0.5, 0.6) is 11.5 Å².